The third-order valence-corrected chi connectivity index (χ3v) is 3.79. The van der Waals surface area contributed by atoms with Gasteiger partial charge in [-0.1, -0.05) is 29.3 Å². The number of aryl methyl sites for hydroxylation is 3. The Hall–Kier alpha value is -1.38. The summed E-state index contributed by atoms with van der Waals surface area (Å²) in [5.74, 6) is -0.257. The maximum absolute atomic E-state index is 13.8. The van der Waals surface area contributed by atoms with E-state index in [1.165, 1.54) is 11.6 Å². The lowest BCUT2D eigenvalue weighted by Crippen LogP contribution is -2.17. The van der Waals surface area contributed by atoms with E-state index in [-0.39, 0.29) is 11.9 Å². The summed E-state index contributed by atoms with van der Waals surface area (Å²) in [7, 11) is 0. The van der Waals surface area contributed by atoms with Crippen LogP contribution in [0.3, 0.4) is 0 Å². The van der Waals surface area contributed by atoms with E-state index in [9.17, 15) is 4.39 Å². The largest absolute Gasteiger partial charge is 0.324 e. The molecule has 2 aromatic rings. The van der Waals surface area contributed by atoms with Crippen LogP contribution in [0.5, 0.6) is 0 Å². The third kappa shape index (κ3) is 3.20. The minimum absolute atomic E-state index is 0.233. The van der Waals surface area contributed by atoms with Crippen molar-refractivity contribution in [2.75, 3.05) is 0 Å². The van der Waals surface area contributed by atoms with E-state index in [4.69, 9.17) is 17.3 Å². The predicted molar refractivity (Wildman–Crippen MR) is 82.7 cm³/mol. The highest BCUT2D eigenvalue weighted by Crippen LogP contribution is 2.26. The topological polar surface area (TPSA) is 26.0 Å². The molecule has 0 fully saturated rings. The van der Waals surface area contributed by atoms with Crippen molar-refractivity contribution in [2.45, 2.75) is 33.2 Å². The molecule has 0 aliphatic rings. The molecule has 1 unspecified atom stereocenters. The fourth-order valence-corrected chi connectivity index (χ4v) is 3.01. The molecule has 1 atom stereocenters. The quantitative estimate of drug-likeness (QED) is 0.875. The summed E-state index contributed by atoms with van der Waals surface area (Å²) in [5.41, 5.74) is 11.5. The molecule has 0 aliphatic heterocycles. The van der Waals surface area contributed by atoms with Gasteiger partial charge in [0.25, 0.3) is 0 Å². The first kappa shape index (κ1) is 15.0. The van der Waals surface area contributed by atoms with Crippen molar-refractivity contribution in [3.05, 3.63) is 69.0 Å². The Morgan fingerprint density at radius 3 is 2.30 bits per heavy atom. The summed E-state index contributed by atoms with van der Waals surface area (Å²) in [6.07, 6.45) is 0.442. The van der Waals surface area contributed by atoms with Gasteiger partial charge in [-0.2, -0.15) is 0 Å². The van der Waals surface area contributed by atoms with Crippen LogP contribution < -0.4 is 5.73 Å². The van der Waals surface area contributed by atoms with E-state index in [1.807, 2.05) is 13.8 Å². The van der Waals surface area contributed by atoms with Gasteiger partial charge in [-0.15, -0.1) is 0 Å². The van der Waals surface area contributed by atoms with E-state index in [1.54, 1.807) is 12.1 Å². The van der Waals surface area contributed by atoms with Crippen LogP contribution in [0.2, 0.25) is 5.02 Å². The molecular formula is C17H19ClFN. The van der Waals surface area contributed by atoms with Crippen molar-refractivity contribution in [3.63, 3.8) is 0 Å². The molecular weight excluding hydrogens is 273 g/mol. The van der Waals surface area contributed by atoms with Crippen LogP contribution in [0.15, 0.2) is 30.3 Å². The first-order valence-electron chi connectivity index (χ1n) is 6.65. The van der Waals surface area contributed by atoms with E-state index in [2.05, 4.69) is 19.1 Å². The van der Waals surface area contributed by atoms with Crippen molar-refractivity contribution < 1.29 is 4.39 Å². The Morgan fingerprint density at radius 2 is 1.70 bits per heavy atom. The van der Waals surface area contributed by atoms with Gasteiger partial charge in [-0.05, 0) is 67.6 Å². The monoisotopic (exact) mass is 291 g/mol. The maximum atomic E-state index is 13.8. The van der Waals surface area contributed by atoms with Crippen LogP contribution in [0.1, 0.15) is 33.9 Å². The molecule has 2 aromatic carbocycles. The molecule has 0 aromatic heterocycles. The lowest BCUT2D eigenvalue weighted by Gasteiger charge is -2.19. The summed E-state index contributed by atoms with van der Waals surface area (Å²) in [6.45, 7) is 6.15. The van der Waals surface area contributed by atoms with Gasteiger partial charge in [0.05, 0.1) is 0 Å². The first-order chi connectivity index (χ1) is 9.38. The van der Waals surface area contributed by atoms with Crippen LogP contribution >= 0.6 is 11.6 Å². The fourth-order valence-electron chi connectivity index (χ4n) is 2.81. The summed E-state index contributed by atoms with van der Waals surface area (Å²) in [4.78, 5) is 0. The molecule has 106 valence electrons. The highest BCUT2D eigenvalue weighted by Gasteiger charge is 2.15. The molecule has 2 N–H and O–H groups in total. The van der Waals surface area contributed by atoms with Crippen LogP contribution in [-0.4, -0.2) is 0 Å². The number of hydrogen-bond acceptors (Lipinski definition) is 1. The summed E-state index contributed by atoms with van der Waals surface area (Å²) in [6, 6.07) is 8.57. The summed E-state index contributed by atoms with van der Waals surface area (Å²) < 4.78 is 13.8. The van der Waals surface area contributed by atoms with Crippen LogP contribution in [0.4, 0.5) is 4.39 Å². The van der Waals surface area contributed by atoms with Gasteiger partial charge in [0.15, 0.2) is 0 Å². The Morgan fingerprint density at radius 1 is 1.10 bits per heavy atom. The second kappa shape index (κ2) is 5.94. The Labute approximate surface area is 124 Å². The first-order valence-corrected chi connectivity index (χ1v) is 7.03. The predicted octanol–water partition coefficient (Wildman–Crippen LogP) is 4.65. The second-order valence-corrected chi connectivity index (χ2v) is 5.80. The molecule has 0 radical (unpaired) electrons. The smallest absolute Gasteiger partial charge is 0.126 e. The lowest BCUT2D eigenvalue weighted by atomic mass is 9.91. The fraction of sp³-hybridized carbons (Fsp3) is 0.294. The van der Waals surface area contributed by atoms with E-state index in [0.717, 1.165) is 16.7 Å². The third-order valence-electron chi connectivity index (χ3n) is 3.56. The normalized spacial score (nSPS) is 12.5. The molecule has 3 heteroatoms. The molecule has 0 heterocycles. The van der Waals surface area contributed by atoms with Gasteiger partial charge in [-0.25, -0.2) is 4.39 Å². The molecule has 20 heavy (non-hydrogen) atoms. The van der Waals surface area contributed by atoms with Crippen molar-refractivity contribution in [1.29, 1.82) is 0 Å². The van der Waals surface area contributed by atoms with Gasteiger partial charge in [-0.3, -0.25) is 0 Å². The minimum Gasteiger partial charge on any atom is -0.324 e. The molecule has 0 bridgehead atoms. The summed E-state index contributed by atoms with van der Waals surface area (Å²) >= 11 is 5.92. The lowest BCUT2D eigenvalue weighted by molar-refractivity contribution is 0.592. The van der Waals surface area contributed by atoms with Crippen LogP contribution in [-0.2, 0) is 6.42 Å². The molecule has 0 amide bonds. The van der Waals surface area contributed by atoms with Crippen LogP contribution in [0.25, 0.3) is 0 Å². The zero-order chi connectivity index (χ0) is 14.9. The van der Waals surface area contributed by atoms with Gasteiger partial charge >= 0.3 is 0 Å². The van der Waals surface area contributed by atoms with Crippen molar-refractivity contribution in [1.82, 2.24) is 0 Å². The molecule has 0 saturated heterocycles. The van der Waals surface area contributed by atoms with Gasteiger partial charge in [0, 0.05) is 11.1 Å². The van der Waals surface area contributed by atoms with Gasteiger partial charge in [0.1, 0.15) is 5.82 Å². The average Bonchev–Trinajstić information content (AvgIpc) is 2.32. The molecule has 0 saturated carbocycles. The Balaban J connectivity index is 2.33. The van der Waals surface area contributed by atoms with E-state index < -0.39 is 0 Å². The maximum Gasteiger partial charge on any atom is 0.126 e. The molecule has 0 spiro atoms. The van der Waals surface area contributed by atoms with E-state index in [0.29, 0.717) is 17.0 Å². The minimum atomic E-state index is -0.257. The highest BCUT2D eigenvalue weighted by atomic mass is 35.5. The Kier molecular flexibility index (Phi) is 4.46. The number of halogens is 2. The average molecular weight is 292 g/mol. The molecule has 2 rings (SSSR count). The van der Waals surface area contributed by atoms with Gasteiger partial charge in [0.2, 0.25) is 0 Å². The number of nitrogens with two attached hydrogens (primary N) is 1. The van der Waals surface area contributed by atoms with Crippen molar-refractivity contribution in [3.8, 4) is 0 Å². The van der Waals surface area contributed by atoms with Gasteiger partial charge < -0.3 is 5.73 Å². The molecule has 1 nitrogen and oxygen atoms in total. The Bertz CT molecular complexity index is 614. The second-order valence-electron chi connectivity index (χ2n) is 5.36. The highest BCUT2D eigenvalue weighted by molar-refractivity contribution is 6.30. The summed E-state index contributed by atoms with van der Waals surface area (Å²) in [5, 5.41) is 0.533. The standard InChI is InChI=1S/C17H19ClFN/c1-10-6-11(2)17(12(3)7-10)16(20)9-13-8-14(18)4-5-15(13)19/h4-8,16H,9,20H2,1-3H3. The number of hydrogen-bond donors (Lipinski definition) is 1. The molecule has 0 aliphatic carbocycles. The van der Waals surface area contributed by atoms with Crippen molar-refractivity contribution >= 4 is 11.6 Å². The van der Waals surface area contributed by atoms with E-state index >= 15 is 0 Å². The SMILES string of the molecule is Cc1cc(C)c(C(N)Cc2cc(Cl)ccc2F)c(C)c1. The number of benzene rings is 2. The van der Waals surface area contributed by atoms with Crippen LogP contribution in [0, 0.1) is 26.6 Å². The van der Waals surface area contributed by atoms with Crippen molar-refractivity contribution in [2.24, 2.45) is 5.73 Å². The zero-order valence-corrected chi connectivity index (χ0v) is 12.8. The number of rotatable bonds is 3. The zero-order valence-electron chi connectivity index (χ0n) is 12.0.